The van der Waals surface area contributed by atoms with Gasteiger partial charge in [-0.1, -0.05) is 13.8 Å². The second-order valence-electron chi connectivity index (χ2n) is 4.49. The Balaban J connectivity index is 2.81. The molecule has 2 N–H and O–H groups in total. The number of aromatic nitrogens is 2. The van der Waals surface area contributed by atoms with Crippen LogP contribution in [0.2, 0.25) is 0 Å². The van der Waals surface area contributed by atoms with E-state index in [0.29, 0.717) is 12.6 Å². The molecule has 5 heteroatoms. The van der Waals surface area contributed by atoms with E-state index in [2.05, 4.69) is 40.2 Å². The van der Waals surface area contributed by atoms with Crippen LogP contribution < -0.4 is 5.32 Å². The number of hydrogen-bond donors (Lipinski definition) is 2. The average Bonchev–Trinajstić information content (AvgIpc) is 2.56. The predicted molar refractivity (Wildman–Crippen MR) is 68.4 cm³/mol. The Kier molecular flexibility index (Phi) is 4.95. The molecule has 0 saturated heterocycles. The Labute approximate surface area is 105 Å². The minimum atomic E-state index is -0.540. The fourth-order valence-electron chi connectivity index (χ4n) is 1.52. The van der Waals surface area contributed by atoms with E-state index in [9.17, 15) is 5.11 Å². The van der Waals surface area contributed by atoms with Gasteiger partial charge in [-0.3, -0.25) is 4.68 Å². The van der Waals surface area contributed by atoms with Crippen molar-refractivity contribution in [1.82, 2.24) is 15.1 Å². The zero-order chi connectivity index (χ0) is 12.3. The SMILES string of the molecule is CC(C)NCC(O)c1c(Br)cnn1C(C)C. The van der Waals surface area contributed by atoms with E-state index in [1.807, 2.05) is 18.5 Å². The van der Waals surface area contributed by atoms with Crippen molar-refractivity contribution in [3.63, 3.8) is 0 Å². The molecule has 0 radical (unpaired) electrons. The van der Waals surface area contributed by atoms with E-state index in [1.54, 1.807) is 6.20 Å². The molecule has 0 amide bonds. The quantitative estimate of drug-likeness (QED) is 0.874. The van der Waals surface area contributed by atoms with Crippen LogP contribution in [0.4, 0.5) is 0 Å². The summed E-state index contributed by atoms with van der Waals surface area (Å²) < 4.78 is 2.70. The summed E-state index contributed by atoms with van der Waals surface area (Å²) in [5, 5.41) is 17.6. The molecule has 0 aliphatic rings. The zero-order valence-corrected chi connectivity index (χ0v) is 11.8. The highest BCUT2D eigenvalue weighted by Crippen LogP contribution is 2.25. The first-order chi connectivity index (χ1) is 7.43. The van der Waals surface area contributed by atoms with Crippen LogP contribution in [0, 0.1) is 0 Å². The minimum absolute atomic E-state index is 0.245. The van der Waals surface area contributed by atoms with Gasteiger partial charge < -0.3 is 10.4 Å². The molecule has 0 spiro atoms. The van der Waals surface area contributed by atoms with E-state index in [4.69, 9.17) is 0 Å². The van der Waals surface area contributed by atoms with Gasteiger partial charge in [-0.2, -0.15) is 5.10 Å². The summed E-state index contributed by atoms with van der Waals surface area (Å²) in [4.78, 5) is 0. The first-order valence-corrected chi connectivity index (χ1v) is 6.37. The summed E-state index contributed by atoms with van der Waals surface area (Å²) in [6.45, 7) is 8.74. The van der Waals surface area contributed by atoms with Crippen molar-refractivity contribution < 1.29 is 5.11 Å². The van der Waals surface area contributed by atoms with Crippen LogP contribution in [0.15, 0.2) is 10.7 Å². The summed E-state index contributed by atoms with van der Waals surface area (Å²) in [7, 11) is 0. The summed E-state index contributed by atoms with van der Waals surface area (Å²) in [5.74, 6) is 0. The van der Waals surface area contributed by atoms with Gasteiger partial charge in [-0.25, -0.2) is 0 Å². The molecule has 1 rings (SSSR count). The molecular formula is C11H20BrN3O. The molecule has 1 aromatic heterocycles. The number of aliphatic hydroxyl groups is 1. The monoisotopic (exact) mass is 289 g/mol. The number of hydrogen-bond acceptors (Lipinski definition) is 3. The molecule has 4 nitrogen and oxygen atoms in total. The Morgan fingerprint density at radius 3 is 2.56 bits per heavy atom. The van der Waals surface area contributed by atoms with Crippen LogP contribution >= 0.6 is 15.9 Å². The predicted octanol–water partition coefficient (Wildman–Crippen LogP) is 2.26. The highest BCUT2D eigenvalue weighted by atomic mass is 79.9. The van der Waals surface area contributed by atoms with Crippen LogP contribution in [0.5, 0.6) is 0 Å². The molecular weight excluding hydrogens is 270 g/mol. The van der Waals surface area contributed by atoms with Gasteiger partial charge in [-0.05, 0) is 29.8 Å². The Hall–Kier alpha value is -0.390. The lowest BCUT2D eigenvalue weighted by Gasteiger charge is -2.18. The van der Waals surface area contributed by atoms with Crippen molar-refractivity contribution in [3.8, 4) is 0 Å². The van der Waals surface area contributed by atoms with Crippen molar-refractivity contribution >= 4 is 15.9 Å². The van der Waals surface area contributed by atoms with Gasteiger partial charge in [0, 0.05) is 18.6 Å². The minimum Gasteiger partial charge on any atom is -0.385 e. The number of nitrogens with one attached hydrogen (secondary N) is 1. The zero-order valence-electron chi connectivity index (χ0n) is 10.2. The van der Waals surface area contributed by atoms with Crippen molar-refractivity contribution in [2.24, 2.45) is 0 Å². The summed E-state index contributed by atoms with van der Waals surface area (Å²) in [5.41, 5.74) is 0.836. The largest absolute Gasteiger partial charge is 0.385 e. The molecule has 1 atom stereocenters. The van der Waals surface area contributed by atoms with Crippen LogP contribution in [0.3, 0.4) is 0 Å². The number of aliphatic hydroxyl groups excluding tert-OH is 1. The maximum atomic E-state index is 10.1. The lowest BCUT2D eigenvalue weighted by atomic mass is 10.2. The Morgan fingerprint density at radius 2 is 2.06 bits per heavy atom. The van der Waals surface area contributed by atoms with Gasteiger partial charge in [0.25, 0.3) is 0 Å². The summed E-state index contributed by atoms with van der Waals surface area (Å²) in [6, 6.07) is 0.610. The molecule has 0 aliphatic carbocycles. The first-order valence-electron chi connectivity index (χ1n) is 5.57. The lowest BCUT2D eigenvalue weighted by Crippen LogP contribution is -2.29. The van der Waals surface area contributed by atoms with E-state index >= 15 is 0 Å². The van der Waals surface area contributed by atoms with E-state index in [-0.39, 0.29) is 6.04 Å². The molecule has 0 aromatic carbocycles. The third-order valence-electron chi connectivity index (χ3n) is 2.31. The fraction of sp³-hybridized carbons (Fsp3) is 0.727. The summed E-state index contributed by atoms with van der Waals surface area (Å²) >= 11 is 3.42. The molecule has 0 saturated carbocycles. The lowest BCUT2D eigenvalue weighted by molar-refractivity contribution is 0.158. The average molecular weight is 290 g/mol. The van der Waals surface area contributed by atoms with Crippen molar-refractivity contribution in [3.05, 3.63) is 16.4 Å². The van der Waals surface area contributed by atoms with Gasteiger partial charge in [0.2, 0.25) is 0 Å². The van der Waals surface area contributed by atoms with Crippen LogP contribution in [0.25, 0.3) is 0 Å². The van der Waals surface area contributed by atoms with Crippen LogP contribution in [-0.4, -0.2) is 27.5 Å². The number of rotatable bonds is 5. The van der Waals surface area contributed by atoms with Gasteiger partial charge >= 0.3 is 0 Å². The molecule has 16 heavy (non-hydrogen) atoms. The van der Waals surface area contributed by atoms with E-state index in [1.165, 1.54) is 0 Å². The van der Waals surface area contributed by atoms with Crippen molar-refractivity contribution in [2.75, 3.05) is 6.54 Å². The second-order valence-corrected chi connectivity index (χ2v) is 5.35. The normalized spacial score (nSPS) is 13.8. The van der Waals surface area contributed by atoms with Crippen LogP contribution in [-0.2, 0) is 0 Å². The smallest absolute Gasteiger partial charge is 0.109 e. The Morgan fingerprint density at radius 1 is 1.44 bits per heavy atom. The summed E-state index contributed by atoms with van der Waals surface area (Å²) in [6.07, 6.45) is 1.19. The highest BCUT2D eigenvalue weighted by Gasteiger charge is 2.19. The number of halogens is 1. The van der Waals surface area contributed by atoms with Gasteiger partial charge in [0.15, 0.2) is 0 Å². The third-order valence-corrected chi connectivity index (χ3v) is 2.92. The molecule has 1 aromatic rings. The van der Waals surface area contributed by atoms with Crippen molar-refractivity contribution in [2.45, 2.75) is 45.9 Å². The maximum absolute atomic E-state index is 10.1. The second kappa shape index (κ2) is 5.80. The standard InChI is InChI=1S/C11H20BrN3O/c1-7(2)13-6-10(16)11-9(12)5-14-15(11)8(3)4/h5,7-8,10,13,16H,6H2,1-4H3. The van der Waals surface area contributed by atoms with Crippen molar-refractivity contribution in [1.29, 1.82) is 0 Å². The third kappa shape index (κ3) is 3.30. The molecule has 92 valence electrons. The molecule has 1 unspecified atom stereocenters. The topological polar surface area (TPSA) is 50.1 Å². The first kappa shape index (κ1) is 13.7. The number of nitrogens with zero attached hydrogens (tertiary/aromatic N) is 2. The molecule has 1 heterocycles. The maximum Gasteiger partial charge on any atom is 0.109 e. The molecule has 0 aliphatic heterocycles. The highest BCUT2D eigenvalue weighted by molar-refractivity contribution is 9.10. The van der Waals surface area contributed by atoms with E-state index < -0.39 is 6.10 Å². The van der Waals surface area contributed by atoms with Gasteiger partial charge in [0.1, 0.15) is 6.10 Å². The van der Waals surface area contributed by atoms with Gasteiger partial charge in [0.05, 0.1) is 16.4 Å². The Bertz CT molecular complexity index is 336. The van der Waals surface area contributed by atoms with E-state index in [0.717, 1.165) is 10.2 Å². The molecule has 0 fully saturated rings. The van der Waals surface area contributed by atoms with Crippen LogP contribution in [0.1, 0.15) is 45.5 Å². The molecule has 0 bridgehead atoms. The fourth-order valence-corrected chi connectivity index (χ4v) is 2.06. The van der Waals surface area contributed by atoms with Gasteiger partial charge in [-0.15, -0.1) is 0 Å².